The monoisotopic (exact) mass is 289 g/mol. The molecule has 0 spiro atoms. The standard InChI is InChI=1S/C15H16ClN3O/c1-10-4-3-5-12(18-10)8-11(2)19-15(20)13-6-7-17-9-14(13)16/h3-7,9,11H,8H2,1-2H3,(H,19,20)/t11-/m0/s1. The fourth-order valence-corrected chi connectivity index (χ4v) is 2.14. The van der Waals surface area contributed by atoms with Gasteiger partial charge in [-0.1, -0.05) is 17.7 Å². The summed E-state index contributed by atoms with van der Waals surface area (Å²) in [5, 5.41) is 3.27. The average Bonchev–Trinajstić information content (AvgIpc) is 2.38. The van der Waals surface area contributed by atoms with E-state index in [1.807, 2.05) is 32.0 Å². The number of carbonyl (C=O) groups excluding carboxylic acids is 1. The Morgan fingerprint density at radius 3 is 2.90 bits per heavy atom. The van der Waals surface area contributed by atoms with Gasteiger partial charge in [0.2, 0.25) is 0 Å². The molecule has 0 saturated heterocycles. The van der Waals surface area contributed by atoms with Gasteiger partial charge in [0.25, 0.3) is 5.91 Å². The molecule has 2 aromatic heterocycles. The van der Waals surface area contributed by atoms with Crippen LogP contribution in [0.3, 0.4) is 0 Å². The lowest BCUT2D eigenvalue weighted by atomic mass is 10.1. The first kappa shape index (κ1) is 14.5. The van der Waals surface area contributed by atoms with Crippen molar-refractivity contribution in [3.05, 3.63) is 58.6 Å². The van der Waals surface area contributed by atoms with Crippen LogP contribution in [0.15, 0.2) is 36.7 Å². The van der Waals surface area contributed by atoms with Crippen molar-refractivity contribution in [1.82, 2.24) is 15.3 Å². The fourth-order valence-electron chi connectivity index (χ4n) is 1.94. The molecule has 0 radical (unpaired) electrons. The van der Waals surface area contributed by atoms with Crippen molar-refractivity contribution in [3.63, 3.8) is 0 Å². The molecule has 1 atom stereocenters. The van der Waals surface area contributed by atoms with Crippen LogP contribution in [-0.4, -0.2) is 21.9 Å². The van der Waals surface area contributed by atoms with E-state index < -0.39 is 0 Å². The van der Waals surface area contributed by atoms with Crippen LogP contribution in [-0.2, 0) is 6.42 Å². The van der Waals surface area contributed by atoms with Crippen molar-refractivity contribution >= 4 is 17.5 Å². The molecule has 0 bridgehead atoms. The number of amides is 1. The Labute approximate surface area is 123 Å². The molecule has 104 valence electrons. The molecular formula is C15H16ClN3O. The maximum absolute atomic E-state index is 12.1. The number of nitrogens with zero attached hydrogens (tertiary/aromatic N) is 2. The number of hydrogen-bond donors (Lipinski definition) is 1. The number of rotatable bonds is 4. The van der Waals surface area contributed by atoms with Gasteiger partial charge < -0.3 is 5.32 Å². The maximum Gasteiger partial charge on any atom is 0.253 e. The number of carbonyl (C=O) groups is 1. The predicted molar refractivity (Wildman–Crippen MR) is 78.9 cm³/mol. The molecule has 1 amide bonds. The molecule has 0 fully saturated rings. The number of halogens is 1. The number of hydrogen-bond acceptors (Lipinski definition) is 3. The van der Waals surface area contributed by atoms with Crippen molar-refractivity contribution in [2.75, 3.05) is 0 Å². The number of aromatic nitrogens is 2. The Morgan fingerprint density at radius 1 is 1.40 bits per heavy atom. The minimum absolute atomic E-state index is 0.0268. The van der Waals surface area contributed by atoms with Gasteiger partial charge in [-0.15, -0.1) is 0 Å². The third kappa shape index (κ3) is 3.78. The first-order valence-corrected chi connectivity index (χ1v) is 6.77. The van der Waals surface area contributed by atoms with Crippen LogP contribution >= 0.6 is 11.6 Å². The molecule has 0 saturated carbocycles. The molecule has 5 heteroatoms. The Bertz CT molecular complexity index is 616. The van der Waals surface area contributed by atoms with E-state index in [-0.39, 0.29) is 11.9 Å². The van der Waals surface area contributed by atoms with Gasteiger partial charge in [0.05, 0.1) is 10.6 Å². The van der Waals surface area contributed by atoms with Crippen LogP contribution in [0.25, 0.3) is 0 Å². The molecule has 2 heterocycles. The normalized spacial score (nSPS) is 11.9. The highest BCUT2D eigenvalue weighted by Gasteiger charge is 2.13. The van der Waals surface area contributed by atoms with Gasteiger partial charge in [0, 0.05) is 36.2 Å². The van der Waals surface area contributed by atoms with Gasteiger partial charge in [0.15, 0.2) is 0 Å². The molecule has 0 unspecified atom stereocenters. The SMILES string of the molecule is Cc1cccc(C[C@H](C)NC(=O)c2ccncc2Cl)n1. The third-order valence-electron chi connectivity index (χ3n) is 2.86. The highest BCUT2D eigenvalue weighted by atomic mass is 35.5. The molecule has 1 N–H and O–H groups in total. The second kappa shape index (κ2) is 6.48. The first-order valence-electron chi connectivity index (χ1n) is 6.39. The zero-order valence-corrected chi connectivity index (χ0v) is 12.2. The van der Waals surface area contributed by atoms with Crippen molar-refractivity contribution in [2.24, 2.45) is 0 Å². The van der Waals surface area contributed by atoms with E-state index in [4.69, 9.17) is 11.6 Å². The van der Waals surface area contributed by atoms with Crippen molar-refractivity contribution in [3.8, 4) is 0 Å². The minimum Gasteiger partial charge on any atom is -0.349 e. The average molecular weight is 290 g/mol. The van der Waals surface area contributed by atoms with E-state index in [0.29, 0.717) is 17.0 Å². The Kier molecular flexibility index (Phi) is 4.69. The molecule has 20 heavy (non-hydrogen) atoms. The van der Waals surface area contributed by atoms with Crippen LogP contribution in [0, 0.1) is 6.92 Å². The summed E-state index contributed by atoms with van der Waals surface area (Å²) in [4.78, 5) is 20.4. The van der Waals surface area contributed by atoms with E-state index in [0.717, 1.165) is 11.4 Å². The second-order valence-electron chi connectivity index (χ2n) is 4.70. The lowest BCUT2D eigenvalue weighted by molar-refractivity contribution is 0.0940. The lowest BCUT2D eigenvalue weighted by Gasteiger charge is -2.14. The van der Waals surface area contributed by atoms with Gasteiger partial charge in [-0.05, 0) is 32.0 Å². The number of aryl methyl sites for hydroxylation is 1. The van der Waals surface area contributed by atoms with Crippen LogP contribution in [0.4, 0.5) is 0 Å². The molecule has 4 nitrogen and oxygen atoms in total. The highest BCUT2D eigenvalue weighted by molar-refractivity contribution is 6.33. The van der Waals surface area contributed by atoms with Crippen LogP contribution in [0.1, 0.15) is 28.7 Å². The van der Waals surface area contributed by atoms with Crippen LogP contribution in [0.5, 0.6) is 0 Å². The molecule has 0 aliphatic heterocycles. The summed E-state index contributed by atoms with van der Waals surface area (Å²) in [6, 6.07) is 7.45. The van der Waals surface area contributed by atoms with Crippen LogP contribution < -0.4 is 5.32 Å². The summed E-state index contributed by atoms with van der Waals surface area (Å²) in [6.07, 6.45) is 3.69. The van der Waals surface area contributed by atoms with Gasteiger partial charge in [0.1, 0.15) is 0 Å². The number of nitrogens with one attached hydrogen (secondary N) is 1. The van der Waals surface area contributed by atoms with Gasteiger partial charge in [-0.25, -0.2) is 0 Å². The van der Waals surface area contributed by atoms with Gasteiger partial charge >= 0.3 is 0 Å². The minimum atomic E-state index is -0.197. The van der Waals surface area contributed by atoms with Gasteiger partial charge in [-0.3, -0.25) is 14.8 Å². The fraction of sp³-hybridized carbons (Fsp3) is 0.267. The number of pyridine rings is 2. The lowest BCUT2D eigenvalue weighted by Crippen LogP contribution is -2.34. The molecule has 0 aliphatic carbocycles. The molecular weight excluding hydrogens is 274 g/mol. The Morgan fingerprint density at radius 2 is 2.20 bits per heavy atom. The molecule has 0 aromatic carbocycles. The van der Waals surface area contributed by atoms with Crippen molar-refractivity contribution < 1.29 is 4.79 Å². The molecule has 2 aromatic rings. The van der Waals surface area contributed by atoms with Crippen LogP contribution in [0.2, 0.25) is 5.02 Å². The summed E-state index contributed by atoms with van der Waals surface area (Å²) < 4.78 is 0. The maximum atomic E-state index is 12.1. The summed E-state index contributed by atoms with van der Waals surface area (Å²) in [6.45, 7) is 3.89. The topological polar surface area (TPSA) is 54.9 Å². The van der Waals surface area contributed by atoms with E-state index >= 15 is 0 Å². The molecule has 0 aliphatic rings. The highest BCUT2D eigenvalue weighted by Crippen LogP contribution is 2.13. The predicted octanol–water partition coefficient (Wildman–Crippen LogP) is 2.80. The van der Waals surface area contributed by atoms with E-state index in [9.17, 15) is 4.79 Å². The summed E-state index contributed by atoms with van der Waals surface area (Å²) in [5.74, 6) is -0.197. The van der Waals surface area contributed by atoms with E-state index in [1.54, 1.807) is 12.3 Å². The first-order chi connectivity index (χ1) is 9.56. The summed E-state index contributed by atoms with van der Waals surface area (Å²) >= 11 is 5.95. The molecule has 2 rings (SSSR count). The Hall–Kier alpha value is -1.94. The zero-order valence-electron chi connectivity index (χ0n) is 11.4. The van der Waals surface area contributed by atoms with E-state index in [1.165, 1.54) is 6.20 Å². The second-order valence-corrected chi connectivity index (χ2v) is 5.11. The third-order valence-corrected chi connectivity index (χ3v) is 3.16. The summed E-state index contributed by atoms with van der Waals surface area (Å²) in [7, 11) is 0. The Balaban J connectivity index is 2.00. The largest absolute Gasteiger partial charge is 0.349 e. The quantitative estimate of drug-likeness (QED) is 0.941. The summed E-state index contributed by atoms with van der Waals surface area (Å²) in [5.41, 5.74) is 2.36. The van der Waals surface area contributed by atoms with Crippen molar-refractivity contribution in [2.45, 2.75) is 26.3 Å². The van der Waals surface area contributed by atoms with E-state index in [2.05, 4.69) is 15.3 Å². The van der Waals surface area contributed by atoms with Crippen molar-refractivity contribution in [1.29, 1.82) is 0 Å². The van der Waals surface area contributed by atoms with Gasteiger partial charge in [-0.2, -0.15) is 0 Å². The smallest absolute Gasteiger partial charge is 0.253 e. The zero-order chi connectivity index (χ0) is 14.5.